The first-order valence-corrected chi connectivity index (χ1v) is 4.78. The smallest absolute Gasteiger partial charge is 0.143 e. The van der Waals surface area contributed by atoms with Crippen LogP contribution < -0.4 is 0 Å². The number of pyridine rings is 1. The molecule has 13 heavy (non-hydrogen) atoms. The molecule has 2 nitrogen and oxygen atoms in total. The van der Waals surface area contributed by atoms with E-state index in [4.69, 9.17) is 16.0 Å². The first-order valence-electron chi connectivity index (χ1n) is 3.61. The number of hydrogen-bond acceptors (Lipinski definition) is 2. The molecule has 66 valence electrons. The van der Waals surface area contributed by atoms with Crippen LogP contribution in [0.15, 0.2) is 39.7 Å². The average Bonchev–Trinajstić information content (AvgIpc) is 2.62. The molecule has 0 aliphatic rings. The van der Waals surface area contributed by atoms with Gasteiger partial charge in [-0.2, -0.15) is 0 Å². The molecule has 0 aliphatic carbocycles. The Kier molecular flexibility index (Phi) is 2.38. The van der Waals surface area contributed by atoms with Crippen LogP contribution in [0.3, 0.4) is 0 Å². The van der Waals surface area contributed by atoms with E-state index in [1.807, 2.05) is 12.1 Å². The monoisotopic (exact) mass is 257 g/mol. The topological polar surface area (TPSA) is 26.0 Å². The summed E-state index contributed by atoms with van der Waals surface area (Å²) < 4.78 is 5.77. The summed E-state index contributed by atoms with van der Waals surface area (Å²) in [6, 6.07) is 3.75. The molecule has 2 aromatic rings. The Morgan fingerprint density at radius 2 is 2.23 bits per heavy atom. The van der Waals surface area contributed by atoms with E-state index in [0.717, 1.165) is 15.6 Å². The minimum absolute atomic E-state index is 0.457. The lowest BCUT2D eigenvalue weighted by Crippen LogP contribution is -1.81. The highest BCUT2D eigenvalue weighted by Crippen LogP contribution is 2.32. The predicted octanol–water partition coefficient (Wildman–Crippen LogP) is 3.76. The van der Waals surface area contributed by atoms with Crippen molar-refractivity contribution in [2.24, 2.45) is 0 Å². The van der Waals surface area contributed by atoms with E-state index in [-0.39, 0.29) is 0 Å². The Morgan fingerprint density at radius 1 is 1.38 bits per heavy atom. The van der Waals surface area contributed by atoms with Crippen LogP contribution in [0.5, 0.6) is 0 Å². The highest BCUT2D eigenvalue weighted by Gasteiger charge is 2.07. The van der Waals surface area contributed by atoms with Crippen molar-refractivity contribution >= 4 is 27.5 Å². The summed E-state index contributed by atoms with van der Waals surface area (Å²) in [4.78, 5) is 3.94. The van der Waals surface area contributed by atoms with E-state index in [2.05, 4.69) is 20.9 Å². The van der Waals surface area contributed by atoms with Gasteiger partial charge in [0, 0.05) is 17.3 Å². The van der Waals surface area contributed by atoms with Crippen LogP contribution in [-0.4, -0.2) is 4.98 Å². The number of furan rings is 1. The third kappa shape index (κ3) is 1.62. The van der Waals surface area contributed by atoms with Gasteiger partial charge < -0.3 is 4.42 Å². The first kappa shape index (κ1) is 8.78. The fourth-order valence-corrected chi connectivity index (χ4v) is 1.68. The second-order valence-corrected chi connectivity index (χ2v) is 3.63. The van der Waals surface area contributed by atoms with Crippen molar-refractivity contribution in [2.45, 2.75) is 0 Å². The van der Waals surface area contributed by atoms with Gasteiger partial charge in [0.15, 0.2) is 0 Å². The van der Waals surface area contributed by atoms with Gasteiger partial charge in [0.25, 0.3) is 0 Å². The maximum absolute atomic E-state index is 5.84. The lowest BCUT2D eigenvalue weighted by Gasteiger charge is -2.01. The van der Waals surface area contributed by atoms with Crippen LogP contribution >= 0.6 is 27.5 Å². The molecule has 0 unspecified atom stereocenters. The predicted molar refractivity (Wildman–Crippen MR) is 54.6 cm³/mol. The van der Waals surface area contributed by atoms with Crippen LogP contribution in [-0.2, 0) is 0 Å². The molecule has 0 radical (unpaired) electrons. The summed E-state index contributed by atoms with van der Waals surface area (Å²) in [7, 11) is 0. The number of hydrogen-bond donors (Lipinski definition) is 0. The first-order chi connectivity index (χ1) is 6.29. The standard InChI is InChI=1S/C9H5BrClNO/c10-8-7(1-3-12-9(8)11)6-2-4-13-5-6/h1-5H. The van der Waals surface area contributed by atoms with Crippen molar-refractivity contribution in [2.75, 3.05) is 0 Å². The Hall–Kier alpha value is -0.800. The lowest BCUT2D eigenvalue weighted by molar-refractivity contribution is 0.568. The van der Waals surface area contributed by atoms with E-state index < -0.39 is 0 Å². The Bertz CT molecular complexity index is 414. The second-order valence-electron chi connectivity index (χ2n) is 2.48. The largest absolute Gasteiger partial charge is 0.472 e. The average molecular weight is 259 g/mol. The van der Waals surface area contributed by atoms with Gasteiger partial charge in [-0.3, -0.25) is 0 Å². The SMILES string of the molecule is Clc1nccc(-c2ccoc2)c1Br. The summed E-state index contributed by atoms with van der Waals surface area (Å²) in [5.74, 6) is 0. The molecule has 0 bridgehead atoms. The minimum atomic E-state index is 0.457. The van der Waals surface area contributed by atoms with Crippen molar-refractivity contribution in [3.05, 3.63) is 40.5 Å². The molecule has 2 aromatic heterocycles. The van der Waals surface area contributed by atoms with Gasteiger partial charge in [-0.25, -0.2) is 4.98 Å². The maximum atomic E-state index is 5.84. The Labute approximate surface area is 88.7 Å². The highest BCUT2D eigenvalue weighted by atomic mass is 79.9. The molecular weight excluding hydrogens is 253 g/mol. The molecule has 0 amide bonds. The molecular formula is C9H5BrClNO. The van der Waals surface area contributed by atoms with Crippen molar-refractivity contribution in [1.29, 1.82) is 0 Å². The van der Waals surface area contributed by atoms with Gasteiger partial charge in [0.05, 0.1) is 17.0 Å². The highest BCUT2D eigenvalue weighted by molar-refractivity contribution is 9.10. The van der Waals surface area contributed by atoms with Crippen molar-refractivity contribution in [3.63, 3.8) is 0 Å². The fourth-order valence-electron chi connectivity index (χ4n) is 1.06. The van der Waals surface area contributed by atoms with E-state index in [1.165, 1.54) is 0 Å². The normalized spacial score (nSPS) is 10.3. The summed E-state index contributed by atoms with van der Waals surface area (Å²) in [6.45, 7) is 0. The van der Waals surface area contributed by atoms with Crippen molar-refractivity contribution < 1.29 is 4.42 Å². The van der Waals surface area contributed by atoms with Gasteiger partial charge in [0.2, 0.25) is 0 Å². The lowest BCUT2D eigenvalue weighted by atomic mass is 10.1. The Balaban J connectivity index is 2.59. The fraction of sp³-hybridized carbons (Fsp3) is 0. The summed E-state index contributed by atoms with van der Waals surface area (Å²) in [5.41, 5.74) is 1.96. The van der Waals surface area contributed by atoms with Crippen molar-refractivity contribution in [1.82, 2.24) is 4.98 Å². The number of aromatic nitrogens is 1. The third-order valence-corrected chi connectivity index (χ3v) is 3.00. The van der Waals surface area contributed by atoms with Crippen LogP contribution in [0.4, 0.5) is 0 Å². The zero-order valence-corrected chi connectivity index (χ0v) is 8.84. The van der Waals surface area contributed by atoms with Gasteiger partial charge in [0.1, 0.15) is 5.15 Å². The molecule has 0 aromatic carbocycles. The Morgan fingerprint density at radius 3 is 2.92 bits per heavy atom. The zero-order valence-electron chi connectivity index (χ0n) is 6.50. The third-order valence-electron chi connectivity index (χ3n) is 1.68. The molecule has 0 spiro atoms. The van der Waals surface area contributed by atoms with Crippen LogP contribution in [0.1, 0.15) is 0 Å². The molecule has 0 saturated carbocycles. The van der Waals surface area contributed by atoms with Crippen LogP contribution in [0.2, 0.25) is 5.15 Å². The van der Waals surface area contributed by atoms with E-state index in [9.17, 15) is 0 Å². The van der Waals surface area contributed by atoms with E-state index in [0.29, 0.717) is 5.15 Å². The van der Waals surface area contributed by atoms with Gasteiger partial charge >= 0.3 is 0 Å². The molecule has 0 fully saturated rings. The summed E-state index contributed by atoms with van der Waals surface area (Å²) >= 11 is 9.21. The molecule has 0 aliphatic heterocycles. The molecule has 2 rings (SSSR count). The second kappa shape index (κ2) is 3.52. The summed E-state index contributed by atoms with van der Waals surface area (Å²) in [5, 5.41) is 0.457. The molecule has 0 atom stereocenters. The molecule has 4 heteroatoms. The number of halogens is 2. The number of nitrogens with zero attached hydrogens (tertiary/aromatic N) is 1. The van der Waals surface area contributed by atoms with Gasteiger partial charge in [-0.05, 0) is 28.1 Å². The van der Waals surface area contributed by atoms with E-state index in [1.54, 1.807) is 18.7 Å². The minimum Gasteiger partial charge on any atom is -0.472 e. The van der Waals surface area contributed by atoms with Crippen LogP contribution in [0, 0.1) is 0 Å². The zero-order chi connectivity index (χ0) is 9.26. The molecule has 0 N–H and O–H groups in total. The summed E-state index contributed by atoms with van der Waals surface area (Å²) in [6.07, 6.45) is 4.95. The molecule has 0 saturated heterocycles. The quantitative estimate of drug-likeness (QED) is 0.728. The number of rotatable bonds is 1. The van der Waals surface area contributed by atoms with Crippen LogP contribution in [0.25, 0.3) is 11.1 Å². The van der Waals surface area contributed by atoms with Gasteiger partial charge in [-0.15, -0.1) is 0 Å². The van der Waals surface area contributed by atoms with Crippen molar-refractivity contribution in [3.8, 4) is 11.1 Å². The molecule has 2 heterocycles. The maximum Gasteiger partial charge on any atom is 0.143 e. The van der Waals surface area contributed by atoms with E-state index >= 15 is 0 Å². The van der Waals surface area contributed by atoms with Gasteiger partial charge in [-0.1, -0.05) is 11.6 Å².